The molecule has 4 heteroatoms. The van der Waals surface area contributed by atoms with Crippen LogP contribution < -0.4 is 5.32 Å². The lowest BCUT2D eigenvalue weighted by Gasteiger charge is -2.25. The molecular formula is C16H23FN2O. The van der Waals surface area contributed by atoms with Gasteiger partial charge in [-0.1, -0.05) is 12.1 Å². The van der Waals surface area contributed by atoms with Gasteiger partial charge in [0.25, 0.3) is 0 Å². The molecule has 1 aromatic carbocycles. The molecule has 1 aliphatic heterocycles. The number of hydrogen-bond acceptors (Lipinski definition) is 2. The van der Waals surface area contributed by atoms with Crippen molar-refractivity contribution in [3.8, 4) is 0 Å². The summed E-state index contributed by atoms with van der Waals surface area (Å²) in [6.45, 7) is 2.97. The summed E-state index contributed by atoms with van der Waals surface area (Å²) in [5, 5.41) is 3.35. The van der Waals surface area contributed by atoms with Crippen LogP contribution in [0.1, 0.15) is 24.8 Å². The molecule has 2 rings (SSSR count). The first kappa shape index (κ1) is 15.0. The molecule has 1 N–H and O–H groups in total. The zero-order valence-electron chi connectivity index (χ0n) is 12.1. The SMILES string of the molecule is CN(CCC1CCNCC1)C(=O)Cc1cccc(F)c1. The van der Waals surface area contributed by atoms with Gasteiger partial charge in [-0.05, 0) is 56.0 Å². The average molecular weight is 278 g/mol. The van der Waals surface area contributed by atoms with Gasteiger partial charge in [-0.15, -0.1) is 0 Å². The maximum Gasteiger partial charge on any atom is 0.226 e. The van der Waals surface area contributed by atoms with Crippen molar-refractivity contribution < 1.29 is 9.18 Å². The number of carbonyl (C=O) groups excluding carboxylic acids is 1. The molecular weight excluding hydrogens is 255 g/mol. The van der Waals surface area contributed by atoms with E-state index in [2.05, 4.69) is 5.32 Å². The van der Waals surface area contributed by atoms with E-state index in [1.54, 1.807) is 17.0 Å². The number of likely N-dealkylation sites (N-methyl/N-ethyl adjacent to an activating group) is 1. The minimum Gasteiger partial charge on any atom is -0.345 e. The first-order valence-corrected chi connectivity index (χ1v) is 7.34. The van der Waals surface area contributed by atoms with Gasteiger partial charge in [0.2, 0.25) is 5.91 Å². The third kappa shape index (κ3) is 4.60. The molecule has 0 bridgehead atoms. The molecule has 1 aliphatic rings. The third-order valence-electron chi connectivity index (χ3n) is 4.00. The quantitative estimate of drug-likeness (QED) is 0.895. The van der Waals surface area contributed by atoms with E-state index in [9.17, 15) is 9.18 Å². The van der Waals surface area contributed by atoms with Crippen molar-refractivity contribution in [3.05, 3.63) is 35.6 Å². The second-order valence-electron chi connectivity index (χ2n) is 5.60. The average Bonchev–Trinajstić information content (AvgIpc) is 2.46. The molecule has 0 spiro atoms. The molecule has 0 aliphatic carbocycles. The Bertz CT molecular complexity index is 444. The Hall–Kier alpha value is -1.42. The van der Waals surface area contributed by atoms with Crippen molar-refractivity contribution in [3.63, 3.8) is 0 Å². The molecule has 0 saturated carbocycles. The first-order chi connectivity index (χ1) is 9.65. The van der Waals surface area contributed by atoms with Crippen molar-refractivity contribution in [1.82, 2.24) is 10.2 Å². The Morgan fingerprint density at radius 1 is 1.40 bits per heavy atom. The van der Waals surface area contributed by atoms with Crippen LogP contribution in [0.3, 0.4) is 0 Å². The van der Waals surface area contributed by atoms with E-state index in [1.807, 2.05) is 7.05 Å². The van der Waals surface area contributed by atoms with Gasteiger partial charge >= 0.3 is 0 Å². The molecule has 0 atom stereocenters. The predicted octanol–water partition coefficient (Wildman–Crippen LogP) is 2.22. The molecule has 1 fully saturated rings. The van der Waals surface area contributed by atoms with Crippen molar-refractivity contribution >= 4 is 5.91 Å². The minimum absolute atomic E-state index is 0.0598. The number of nitrogens with zero attached hydrogens (tertiary/aromatic N) is 1. The highest BCUT2D eigenvalue weighted by Gasteiger charge is 2.15. The Morgan fingerprint density at radius 3 is 2.85 bits per heavy atom. The van der Waals surface area contributed by atoms with Crippen LogP contribution in [0.2, 0.25) is 0 Å². The van der Waals surface area contributed by atoms with E-state index in [0.29, 0.717) is 0 Å². The summed E-state index contributed by atoms with van der Waals surface area (Å²) in [6.07, 6.45) is 3.74. The zero-order chi connectivity index (χ0) is 14.4. The van der Waals surface area contributed by atoms with Crippen LogP contribution in [0, 0.1) is 11.7 Å². The minimum atomic E-state index is -0.285. The van der Waals surface area contributed by atoms with E-state index >= 15 is 0 Å². The maximum atomic E-state index is 13.1. The van der Waals surface area contributed by atoms with Crippen molar-refractivity contribution in [2.75, 3.05) is 26.7 Å². The topological polar surface area (TPSA) is 32.3 Å². The molecule has 0 radical (unpaired) electrons. The highest BCUT2D eigenvalue weighted by Crippen LogP contribution is 2.16. The molecule has 1 aromatic rings. The number of amides is 1. The van der Waals surface area contributed by atoms with E-state index in [1.165, 1.54) is 25.0 Å². The van der Waals surface area contributed by atoms with Gasteiger partial charge in [0, 0.05) is 13.6 Å². The van der Waals surface area contributed by atoms with Crippen LogP contribution in [0.15, 0.2) is 24.3 Å². The van der Waals surface area contributed by atoms with Gasteiger partial charge in [0.05, 0.1) is 6.42 Å². The van der Waals surface area contributed by atoms with Gasteiger partial charge < -0.3 is 10.2 Å². The van der Waals surface area contributed by atoms with Crippen LogP contribution in [0.5, 0.6) is 0 Å². The molecule has 1 saturated heterocycles. The van der Waals surface area contributed by atoms with E-state index in [4.69, 9.17) is 0 Å². The number of hydrogen-bond donors (Lipinski definition) is 1. The van der Waals surface area contributed by atoms with Crippen LogP contribution in [-0.2, 0) is 11.2 Å². The van der Waals surface area contributed by atoms with Gasteiger partial charge in [-0.3, -0.25) is 4.79 Å². The summed E-state index contributed by atoms with van der Waals surface area (Å²) in [5.41, 5.74) is 0.740. The number of piperidine rings is 1. The first-order valence-electron chi connectivity index (χ1n) is 7.34. The second-order valence-corrected chi connectivity index (χ2v) is 5.60. The molecule has 1 amide bonds. The number of halogens is 1. The van der Waals surface area contributed by atoms with Crippen molar-refractivity contribution in [2.24, 2.45) is 5.92 Å². The Balaban J connectivity index is 1.76. The fraction of sp³-hybridized carbons (Fsp3) is 0.562. The molecule has 110 valence electrons. The highest BCUT2D eigenvalue weighted by atomic mass is 19.1. The van der Waals surface area contributed by atoms with Crippen LogP contribution >= 0.6 is 0 Å². The fourth-order valence-corrected chi connectivity index (χ4v) is 2.63. The molecule has 0 unspecified atom stereocenters. The summed E-state index contributed by atoms with van der Waals surface area (Å²) >= 11 is 0. The number of carbonyl (C=O) groups is 1. The molecule has 0 aromatic heterocycles. The summed E-state index contributed by atoms with van der Waals surface area (Å²) < 4.78 is 13.1. The smallest absolute Gasteiger partial charge is 0.226 e. The molecule has 1 heterocycles. The fourth-order valence-electron chi connectivity index (χ4n) is 2.63. The molecule has 20 heavy (non-hydrogen) atoms. The number of benzene rings is 1. The normalized spacial score (nSPS) is 16.1. The monoisotopic (exact) mass is 278 g/mol. The lowest BCUT2D eigenvalue weighted by molar-refractivity contribution is -0.129. The second kappa shape index (κ2) is 7.39. The lowest BCUT2D eigenvalue weighted by atomic mass is 9.94. The van der Waals surface area contributed by atoms with Gasteiger partial charge in [0.1, 0.15) is 5.82 Å². The van der Waals surface area contributed by atoms with E-state index in [0.717, 1.165) is 37.5 Å². The summed E-state index contributed by atoms with van der Waals surface area (Å²) in [4.78, 5) is 13.9. The van der Waals surface area contributed by atoms with Crippen LogP contribution in [0.4, 0.5) is 4.39 Å². The highest BCUT2D eigenvalue weighted by molar-refractivity contribution is 5.78. The van der Waals surface area contributed by atoms with Gasteiger partial charge in [-0.2, -0.15) is 0 Å². The maximum absolute atomic E-state index is 13.1. The summed E-state index contributed by atoms with van der Waals surface area (Å²) in [7, 11) is 1.84. The Morgan fingerprint density at radius 2 is 2.15 bits per heavy atom. The predicted molar refractivity (Wildman–Crippen MR) is 78.0 cm³/mol. The van der Waals surface area contributed by atoms with E-state index in [-0.39, 0.29) is 18.1 Å². The summed E-state index contributed by atoms with van der Waals surface area (Å²) in [5.74, 6) is 0.498. The number of nitrogens with one attached hydrogen (secondary N) is 1. The zero-order valence-corrected chi connectivity index (χ0v) is 12.1. The molecule has 3 nitrogen and oxygen atoms in total. The van der Waals surface area contributed by atoms with Crippen molar-refractivity contribution in [2.45, 2.75) is 25.7 Å². The van der Waals surface area contributed by atoms with Gasteiger partial charge in [0.15, 0.2) is 0 Å². The largest absolute Gasteiger partial charge is 0.345 e. The third-order valence-corrected chi connectivity index (χ3v) is 4.00. The standard InChI is InChI=1S/C16H23FN2O/c1-19(10-7-13-5-8-18-9-6-13)16(20)12-14-3-2-4-15(17)11-14/h2-4,11,13,18H,5-10,12H2,1H3. The van der Waals surface area contributed by atoms with Crippen molar-refractivity contribution in [1.29, 1.82) is 0 Å². The summed E-state index contributed by atoms with van der Waals surface area (Å²) in [6, 6.07) is 6.27. The Labute approximate surface area is 120 Å². The lowest BCUT2D eigenvalue weighted by Crippen LogP contribution is -2.33. The Kier molecular flexibility index (Phi) is 5.53. The van der Waals surface area contributed by atoms with Crippen LogP contribution in [-0.4, -0.2) is 37.5 Å². The number of rotatable bonds is 5. The van der Waals surface area contributed by atoms with Gasteiger partial charge in [-0.25, -0.2) is 4.39 Å². The van der Waals surface area contributed by atoms with E-state index < -0.39 is 0 Å². The van der Waals surface area contributed by atoms with Crippen LogP contribution in [0.25, 0.3) is 0 Å².